The largest absolute Gasteiger partial charge is 0.392 e. The fourth-order valence-corrected chi connectivity index (χ4v) is 2.30. The highest BCUT2D eigenvalue weighted by Gasteiger charge is 2.10. The maximum atomic E-state index is 9.41. The van der Waals surface area contributed by atoms with Crippen LogP contribution in [0.1, 0.15) is 25.0 Å². The Hall–Kier alpha value is -0.510. The summed E-state index contributed by atoms with van der Waals surface area (Å²) in [5, 5.41) is 9.63. The third-order valence-electron chi connectivity index (χ3n) is 2.54. The third kappa shape index (κ3) is 3.52. The van der Waals surface area contributed by atoms with E-state index in [4.69, 9.17) is 5.73 Å². The Morgan fingerprint density at radius 3 is 2.53 bits per heavy atom. The first-order chi connectivity index (χ1) is 7.04. The number of aryl methyl sites for hydroxylation is 1. The zero-order chi connectivity index (χ0) is 11.4. The molecule has 0 aliphatic rings. The Bertz CT molecular complexity index is 325. The quantitative estimate of drug-likeness (QED) is 0.773. The Balaban J connectivity index is 2.75. The number of thioether (sulfide) groups is 1. The molecule has 0 aromatic heterocycles. The maximum Gasteiger partial charge on any atom is 0.0631 e. The van der Waals surface area contributed by atoms with E-state index >= 15 is 0 Å². The second-order valence-corrected chi connectivity index (χ2v) is 5.31. The van der Waals surface area contributed by atoms with E-state index in [2.05, 4.69) is 25.1 Å². The lowest BCUT2D eigenvalue weighted by atomic mass is 10.1. The minimum absolute atomic E-state index is 0.216. The molecule has 0 heterocycles. The van der Waals surface area contributed by atoms with Crippen molar-refractivity contribution in [3.63, 3.8) is 0 Å². The molecule has 0 saturated heterocycles. The first-order valence-electron chi connectivity index (χ1n) is 5.19. The predicted molar refractivity (Wildman–Crippen MR) is 66.1 cm³/mol. The smallest absolute Gasteiger partial charge is 0.0631 e. The van der Waals surface area contributed by atoms with Crippen molar-refractivity contribution in [2.24, 2.45) is 5.73 Å². The SMILES string of the molecule is Cc1cc(SC(C)C(C)O)ccc1CN. The van der Waals surface area contributed by atoms with Gasteiger partial charge in [-0.05, 0) is 37.1 Å². The molecule has 3 N–H and O–H groups in total. The number of hydrogen-bond acceptors (Lipinski definition) is 3. The molecule has 0 aliphatic heterocycles. The molecule has 1 rings (SSSR count). The lowest BCUT2D eigenvalue weighted by molar-refractivity contribution is 0.196. The van der Waals surface area contributed by atoms with Crippen molar-refractivity contribution >= 4 is 11.8 Å². The van der Waals surface area contributed by atoms with Crippen LogP contribution in [0, 0.1) is 6.92 Å². The summed E-state index contributed by atoms with van der Waals surface area (Å²) in [5.41, 5.74) is 8.01. The molecule has 0 fully saturated rings. The molecule has 0 bridgehead atoms. The predicted octanol–water partition coefficient (Wildman–Crippen LogP) is 2.32. The van der Waals surface area contributed by atoms with Gasteiger partial charge in [0, 0.05) is 16.7 Å². The van der Waals surface area contributed by atoms with Crippen LogP contribution in [0.15, 0.2) is 23.1 Å². The molecule has 0 amide bonds. The minimum Gasteiger partial charge on any atom is -0.392 e. The lowest BCUT2D eigenvalue weighted by Gasteiger charge is -2.15. The topological polar surface area (TPSA) is 46.2 Å². The number of aliphatic hydroxyl groups excluding tert-OH is 1. The maximum absolute atomic E-state index is 9.41. The Morgan fingerprint density at radius 2 is 2.07 bits per heavy atom. The molecule has 1 aromatic rings. The molecular weight excluding hydrogens is 206 g/mol. The first-order valence-corrected chi connectivity index (χ1v) is 6.07. The van der Waals surface area contributed by atoms with Crippen LogP contribution in [0.2, 0.25) is 0 Å². The summed E-state index contributed by atoms with van der Waals surface area (Å²) < 4.78 is 0. The van der Waals surface area contributed by atoms with Gasteiger partial charge in [-0.3, -0.25) is 0 Å². The van der Waals surface area contributed by atoms with Gasteiger partial charge >= 0.3 is 0 Å². The number of benzene rings is 1. The van der Waals surface area contributed by atoms with E-state index in [-0.39, 0.29) is 11.4 Å². The van der Waals surface area contributed by atoms with Crippen LogP contribution in [-0.2, 0) is 6.54 Å². The molecule has 1 aromatic carbocycles. The van der Waals surface area contributed by atoms with Crippen LogP contribution in [0.5, 0.6) is 0 Å². The minimum atomic E-state index is -0.288. The van der Waals surface area contributed by atoms with Crippen LogP contribution >= 0.6 is 11.8 Å². The van der Waals surface area contributed by atoms with Crippen LogP contribution in [0.4, 0.5) is 0 Å². The molecule has 2 atom stereocenters. The number of hydrogen-bond donors (Lipinski definition) is 2. The van der Waals surface area contributed by atoms with Crippen LogP contribution in [0.3, 0.4) is 0 Å². The zero-order valence-corrected chi connectivity index (χ0v) is 10.3. The molecule has 0 radical (unpaired) electrons. The fraction of sp³-hybridized carbons (Fsp3) is 0.500. The molecule has 0 aliphatic carbocycles. The Morgan fingerprint density at radius 1 is 1.40 bits per heavy atom. The summed E-state index contributed by atoms with van der Waals surface area (Å²) in [6, 6.07) is 6.26. The summed E-state index contributed by atoms with van der Waals surface area (Å²) in [6.07, 6.45) is -0.288. The van der Waals surface area contributed by atoms with E-state index < -0.39 is 0 Å². The van der Waals surface area contributed by atoms with Crippen molar-refractivity contribution in [3.05, 3.63) is 29.3 Å². The van der Waals surface area contributed by atoms with Gasteiger partial charge in [0.05, 0.1) is 6.10 Å². The second-order valence-electron chi connectivity index (χ2n) is 3.86. The summed E-state index contributed by atoms with van der Waals surface area (Å²) >= 11 is 1.69. The molecular formula is C12H19NOS. The molecule has 0 saturated carbocycles. The van der Waals surface area contributed by atoms with Gasteiger partial charge in [0.25, 0.3) is 0 Å². The van der Waals surface area contributed by atoms with Crippen molar-refractivity contribution < 1.29 is 5.11 Å². The molecule has 3 heteroatoms. The van der Waals surface area contributed by atoms with Gasteiger partial charge in [0.15, 0.2) is 0 Å². The Kier molecular flexibility index (Phi) is 4.64. The second kappa shape index (κ2) is 5.54. The number of rotatable bonds is 4. The number of nitrogens with two attached hydrogens (primary N) is 1. The highest BCUT2D eigenvalue weighted by Crippen LogP contribution is 2.26. The van der Waals surface area contributed by atoms with Crippen molar-refractivity contribution in [1.29, 1.82) is 0 Å². The van der Waals surface area contributed by atoms with Gasteiger partial charge in [-0.15, -0.1) is 11.8 Å². The Labute approximate surface area is 95.9 Å². The van der Waals surface area contributed by atoms with Crippen molar-refractivity contribution in [1.82, 2.24) is 0 Å². The van der Waals surface area contributed by atoms with Crippen molar-refractivity contribution in [2.45, 2.75) is 43.6 Å². The van der Waals surface area contributed by atoms with Crippen LogP contribution < -0.4 is 5.73 Å². The van der Waals surface area contributed by atoms with E-state index in [9.17, 15) is 5.11 Å². The molecule has 2 unspecified atom stereocenters. The van der Waals surface area contributed by atoms with Gasteiger partial charge in [0.1, 0.15) is 0 Å². The summed E-state index contributed by atoms with van der Waals surface area (Å²) in [5.74, 6) is 0. The number of aliphatic hydroxyl groups is 1. The van der Waals surface area contributed by atoms with E-state index in [0.717, 1.165) is 0 Å². The average Bonchev–Trinajstić information content (AvgIpc) is 2.18. The van der Waals surface area contributed by atoms with Gasteiger partial charge in [0.2, 0.25) is 0 Å². The van der Waals surface area contributed by atoms with E-state index in [1.165, 1.54) is 16.0 Å². The average molecular weight is 225 g/mol. The molecule has 15 heavy (non-hydrogen) atoms. The zero-order valence-electron chi connectivity index (χ0n) is 9.53. The molecule has 84 valence electrons. The summed E-state index contributed by atoms with van der Waals surface area (Å²) in [6.45, 7) is 6.50. The highest BCUT2D eigenvalue weighted by atomic mass is 32.2. The van der Waals surface area contributed by atoms with Gasteiger partial charge in [-0.1, -0.05) is 13.0 Å². The van der Waals surface area contributed by atoms with Gasteiger partial charge < -0.3 is 10.8 Å². The van der Waals surface area contributed by atoms with E-state index in [1.54, 1.807) is 11.8 Å². The molecule has 0 spiro atoms. The van der Waals surface area contributed by atoms with E-state index in [1.807, 2.05) is 13.8 Å². The van der Waals surface area contributed by atoms with E-state index in [0.29, 0.717) is 6.54 Å². The van der Waals surface area contributed by atoms with Crippen LogP contribution in [0.25, 0.3) is 0 Å². The fourth-order valence-electron chi connectivity index (χ4n) is 1.28. The highest BCUT2D eigenvalue weighted by molar-refractivity contribution is 8.00. The standard InChI is InChI=1S/C12H19NOS/c1-8-6-12(5-4-11(8)7-13)15-10(3)9(2)14/h4-6,9-10,14H,7,13H2,1-3H3. The van der Waals surface area contributed by atoms with Crippen LogP contribution in [-0.4, -0.2) is 16.5 Å². The normalized spacial score (nSPS) is 15.0. The van der Waals surface area contributed by atoms with Crippen molar-refractivity contribution in [2.75, 3.05) is 0 Å². The summed E-state index contributed by atoms with van der Waals surface area (Å²) in [7, 11) is 0. The molecule has 2 nitrogen and oxygen atoms in total. The monoisotopic (exact) mass is 225 g/mol. The van der Waals surface area contributed by atoms with Gasteiger partial charge in [-0.25, -0.2) is 0 Å². The summed E-state index contributed by atoms with van der Waals surface area (Å²) in [4.78, 5) is 1.19. The third-order valence-corrected chi connectivity index (χ3v) is 3.83. The first kappa shape index (κ1) is 12.6. The van der Waals surface area contributed by atoms with Crippen molar-refractivity contribution in [3.8, 4) is 0 Å². The van der Waals surface area contributed by atoms with Gasteiger partial charge in [-0.2, -0.15) is 0 Å². The lowest BCUT2D eigenvalue weighted by Crippen LogP contribution is -2.14.